The lowest BCUT2D eigenvalue weighted by atomic mass is 10.4. The van der Waals surface area contributed by atoms with E-state index in [4.69, 9.17) is 5.11 Å². The average molecular weight is 210 g/mol. The minimum atomic E-state index is -1.22. The number of ether oxygens (including phenoxy) is 1. The first-order valence-electron chi connectivity index (χ1n) is 4.09. The third-order valence-electron chi connectivity index (χ3n) is 1.76. The third-order valence-corrected chi connectivity index (χ3v) is 1.76. The lowest BCUT2D eigenvalue weighted by Crippen LogP contribution is -2.11. The molecule has 0 amide bonds. The molecule has 0 aromatic carbocycles. The third kappa shape index (κ3) is 2.43. The van der Waals surface area contributed by atoms with E-state index < -0.39 is 11.9 Å². The predicted octanol–water partition coefficient (Wildman–Crippen LogP) is 0.290. The highest BCUT2D eigenvalue weighted by Crippen LogP contribution is 2.08. The van der Waals surface area contributed by atoms with E-state index in [9.17, 15) is 9.59 Å². The van der Waals surface area contributed by atoms with Crippen LogP contribution in [0.15, 0.2) is 18.5 Å². The van der Waals surface area contributed by atoms with Crippen molar-refractivity contribution in [2.45, 2.75) is 6.92 Å². The number of carboxylic acid groups (broad SMARTS) is 1. The van der Waals surface area contributed by atoms with Gasteiger partial charge in [0.2, 0.25) is 0 Å². The van der Waals surface area contributed by atoms with E-state index in [0.717, 1.165) is 6.08 Å². The van der Waals surface area contributed by atoms with Crippen LogP contribution in [-0.2, 0) is 14.3 Å². The Hall–Kier alpha value is -2.11. The highest BCUT2D eigenvalue weighted by Gasteiger charge is 2.13. The van der Waals surface area contributed by atoms with Gasteiger partial charge in [0.15, 0.2) is 0 Å². The topological polar surface area (TPSA) is 81.4 Å². The molecule has 0 aliphatic rings. The number of nitrogens with zero attached hydrogens (tertiary/aromatic N) is 2. The number of carbonyl (C=O) groups is 2. The van der Waals surface area contributed by atoms with E-state index in [-0.39, 0.29) is 5.70 Å². The zero-order chi connectivity index (χ0) is 11.4. The number of hydrogen-bond donors (Lipinski definition) is 1. The molecule has 6 nitrogen and oxygen atoms in total. The van der Waals surface area contributed by atoms with Gasteiger partial charge in [-0.25, -0.2) is 14.6 Å². The summed E-state index contributed by atoms with van der Waals surface area (Å²) < 4.78 is 5.65. The van der Waals surface area contributed by atoms with Crippen molar-refractivity contribution in [3.8, 4) is 0 Å². The van der Waals surface area contributed by atoms with E-state index in [0.29, 0.717) is 5.82 Å². The number of carboxylic acids is 1. The maximum Gasteiger partial charge on any atom is 0.353 e. The molecule has 6 heteroatoms. The van der Waals surface area contributed by atoms with Crippen molar-refractivity contribution >= 4 is 17.6 Å². The summed E-state index contributed by atoms with van der Waals surface area (Å²) in [6, 6.07) is 0. The Kier molecular flexibility index (Phi) is 3.22. The van der Waals surface area contributed by atoms with E-state index in [1.807, 2.05) is 0 Å². The van der Waals surface area contributed by atoms with Crippen LogP contribution in [0.4, 0.5) is 0 Å². The molecule has 0 aliphatic heterocycles. The Morgan fingerprint density at radius 2 is 2.27 bits per heavy atom. The first-order chi connectivity index (χ1) is 7.06. The van der Waals surface area contributed by atoms with Crippen molar-refractivity contribution in [1.29, 1.82) is 0 Å². The number of aryl methyl sites for hydroxylation is 1. The van der Waals surface area contributed by atoms with Crippen molar-refractivity contribution in [3.05, 3.63) is 24.3 Å². The zero-order valence-electron chi connectivity index (χ0n) is 8.30. The lowest BCUT2D eigenvalue weighted by Gasteiger charge is -2.04. The zero-order valence-corrected chi connectivity index (χ0v) is 8.30. The Morgan fingerprint density at radius 3 is 2.67 bits per heavy atom. The minimum absolute atomic E-state index is 0.197. The Morgan fingerprint density at radius 1 is 1.60 bits per heavy atom. The van der Waals surface area contributed by atoms with Crippen molar-refractivity contribution in [3.63, 3.8) is 0 Å². The number of esters is 1. The summed E-state index contributed by atoms with van der Waals surface area (Å²) in [7, 11) is 1.18. The van der Waals surface area contributed by atoms with Crippen LogP contribution in [0.5, 0.6) is 0 Å². The molecule has 15 heavy (non-hydrogen) atoms. The van der Waals surface area contributed by atoms with Crippen LogP contribution in [0.3, 0.4) is 0 Å². The first kappa shape index (κ1) is 11.0. The summed E-state index contributed by atoms with van der Waals surface area (Å²) >= 11 is 0. The van der Waals surface area contributed by atoms with Crippen LogP contribution >= 0.6 is 0 Å². The van der Waals surface area contributed by atoms with Crippen LogP contribution in [0.25, 0.3) is 5.70 Å². The van der Waals surface area contributed by atoms with Gasteiger partial charge in [-0.3, -0.25) is 4.57 Å². The fourth-order valence-electron chi connectivity index (χ4n) is 1.04. The molecule has 1 N–H and O–H groups in total. The van der Waals surface area contributed by atoms with Gasteiger partial charge in [0, 0.05) is 12.4 Å². The van der Waals surface area contributed by atoms with E-state index in [2.05, 4.69) is 9.72 Å². The summed E-state index contributed by atoms with van der Waals surface area (Å²) in [6.07, 6.45) is 3.80. The van der Waals surface area contributed by atoms with Gasteiger partial charge >= 0.3 is 11.9 Å². The van der Waals surface area contributed by atoms with Gasteiger partial charge in [-0.1, -0.05) is 0 Å². The van der Waals surface area contributed by atoms with Crippen molar-refractivity contribution in [2.75, 3.05) is 7.11 Å². The molecule has 0 saturated heterocycles. The quantitative estimate of drug-likeness (QED) is 0.572. The van der Waals surface area contributed by atoms with E-state index >= 15 is 0 Å². The predicted molar refractivity (Wildman–Crippen MR) is 50.9 cm³/mol. The lowest BCUT2D eigenvalue weighted by molar-refractivity contribution is -0.136. The second-order valence-corrected chi connectivity index (χ2v) is 2.70. The number of hydrogen-bond acceptors (Lipinski definition) is 4. The highest BCUT2D eigenvalue weighted by molar-refractivity contribution is 6.13. The fourth-order valence-corrected chi connectivity index (χ4v) is 1.04. The summed E-state index contributed by atoms with van der Waals surface area (Å²) in [5.41, 5.74) is -0.197. The van der Waals surface area contributed by atoms with Gasteiger partial charge in [-0.15, -0.1) is 0 Å². The Labute approximate surface area is 85.8 Å². The summed E-state index contributed by atoms with van der Waals surface area (Å²) in [4.78, 5) is 25.7. The Balaban J connectivity index is 3.15. The molecule has 1 heterocycles. The molecule has 80 valence electrons. The molecule has 0 aliphatic carbocycles. The molecular weight excluding hydrogens is 200 g/mol. The number of imidazole rings is 1. The number of aromatic nitrogens is 2. The summed E-state index contributed by atoms with van der Waals surface area (Å²) in [6.45, 7) is 1.63. The molecule has 0 saturated carbocycles. The van der Waals surface area contributed by atoms with Gasteiger partial charge in [-0.2, -0.15) is 0 Å². The van der Waals surface area contributed by atoms with Crippen LogP contribution in [0.1, 0.15) is 5.82 Å². The SMILES string of the molecule is COC(=O)/C=C(/C(=O)O)n1ccnc1C. The number of aliphatic carboxylic acids is 1. The second kappa shape index (κ2) is 4.41. The number of methoxy groups -OCH3 is 1. The van der Waals surface area contributed by atoms with E-state index in [1.165, 1.54) is 24.1 Å². The average Bonchev–Trinajstić information content (AvgIpc) is 2.60. The molecule has 0 fully saturated rings. The second-order valence-electron chi connectivity index (χ2n) is 2.70. The standard InChI is InChI=1S/C9H10N2O4/c1-6-10-3-4-11(6)7(9(13)14)5-8(12)15-2/h3-5H,1-2H3,(H,13,14)/b7-5-. The summed E-state index contributed by atoms with van der Waals surface area (Å²) in [5.74, 6) is -1.46. The number of rotatable bonds is 3. The van der Waals surface area contributed by atoms with Gasteiger partial charge in [0.25, 0.3) is 0 Å². The first-order valence-corrected chi connectivity index (χ1v) is 4.09. The van der Waals surface area contributed by atoms with Crippen LogP contribution in [0.2, 0.25) is 0 Å². The minimum Gasteiger partial charge on any atom is -0.477 e. The molecule has 1 aromatic rings. The molecule has 0 atom stereocenters. The molecule has 1 aromatic heterocycles. The molecule has 1 rings (SSSR count). The maximum atomic E-state index is 10.9. The highest BCUT2D eigenvalue weighted by atomic mass is 16.5. The molecule has 0 bridgehead atoms. The molecular formula is C9H10N2O4. The molecule has 0 unspecified atom stereocenters. The molecule has 0 spiro atoms. The largest absolute Gasteiger partial charge is 0.477 e. The van der Waals surface area contributed by atoms with Crippen molar-refractivity contribution < 1.29 is 19.4 Å². The van der Waals surface area contributed by atoms with Crippen LogP contribution in [-0.4, -0.2) is 33.7 Å². The normalized spacial score (nSPS) is 11.2. The van der Waals surface area contributed by atoms with Gasteiger partial charge in [0.05, 0.1) is 13.2 Å². The monoisotopic (exact) mass is 210 g/mol. The molecule has 0 radical (unpaired) electrons. The van der Waals surface area contributed by atoms with Crippen molar-refractivity contribution in [2.24, 2.45) is 0 Å². The fraction of sp³-hybridized carbons (Fsp3) is 0.222. The van der Waals surface area contributed by atoms with Gasteiger partial charge < -0.3 is 9.84 Å². The van der Waals surface area contributed by atoms with E-state index in [1.54, 1.807) is 6.92 Å². The number of carbonyl (C=O) groups excluding carboxylic acids is 1. The van der Waals surface area contributed by atoms with Gasteiger partial charge in [0.1, 0.15) is 11.5 Å². The smallest absolute Gasteiger partial charge is 0.353 e. The van der Waals surface area contributed by atoms with Crippen molar-refractivity contribution in [1.82, 2.24) is 9.55 Å². The van der Waals surface area contributed by atoms with Gasteiger partial charge in [-0.05, 0) is 6.92 Å². The van der Waals surface area contributed by atoms with Crippen LogP contribution < -0.4 is 0 Å². The van der Waals surface area contributed by atoms with Crippen LogP contribution in [0, 0.1) is 6.92 Å². The summed E-state index contributed by atoms with van der Waals surface area (Å²) in [5, 5.41) is 8.89. The maximum absolute atomic E-state index is 10.9. The Bertz CT molecular complexity index is 420.